The van der Waals surface area contributed by atoms with Crippen molar-refractivity contribution in [1.82, 2.24) is 10.6 Å². The van der Waals surface area contributed by atoms with Gasteiger partial charge in [0.05, 0.1) is 32.7 Å². The van der Waals surface area contributed by atoms with Crippen molar-refractivity contribution in [1.29, 1.82) is 0 Å². The summed E-state index contributed by atoms with van der Waals surface area (Å²) in [5.74, 6) is -3.15. The van der Waals surface area contributed by atoms with Gasteiger partial charge in [0.15, 0.2) is 0 Å². The van der Waals surface area contributed by atoms with Crippen LogP contribution in [0.15, 0.2) is 41.4 Å². The Hall–Kier alpha value is -3.76. The molecule has 0 aromatic heterocycles. The van der Waals surface area contributed by atoms with Crippen LogP contribution in [0.5, 0.6) is 5.75 Å². The Bertz CT molecular complexity index is 1040. The van der Waals surface area contributed by atoms with Crippen molar-refractivity contribution >= 4 is 23.5 Å². The Balaban J connectivity index is 1.79. The van der Waals surface area contributed by atoms with E-state index in [1.54, 1.807) is 6.92 Å². The molecule has 2 unspecified atom stereocenters. The first kappa shape index (κ1) is 24.9. The number of rotatable bonds is 8. The minimum atomic E-state index is -0.931. The van der Waals surface area contributed by atoms with Crippen molar-refractivity contribution in [2.75, 3.05) is 32.1 Å². The van der Waals surface area contributed by atoms with E-state index >= 15 is 0 Å². The van der Waals surface area contributed by atoms with Gasteiger partial charge in [-0.3, -0.25) is 9.79 Å². The maximum Gasteiger partial charge on any atom is 0.319 e. The van der Waals surface area contributed by atoms with Crippen molar-refractivity contribution < 1.29 is 32.2 Å². The first-order valence-corrected chi connectivity index (χ1v) is 10.6. The normalized spacial score (nSPS) is 17.0. The van der Waals surface area contributed by atoms with Crippen molar-refractivity contribution in [2.24, 2.45) is 4.99 Å². The molecule has 1 heterocycles. The predicted octanol–water partition coefficient (Wildman–Crippen LogP) is 3.34. The number of halogens is 3. The molecule has 1 aliphatic rings. The first-order chi connectivity index (χ1) is 16.3. The number of aliphatic imine (C=N–C) groups is 1. The molecule has 3 rings (SSSR count). The van der Waals surface area contributed by atoms with E-state index in [0.717, 1.165) is 12.1 Å². The summed E-state index contributed by atoms with van der Waals surface area (Å²) < 4.78 is 52.5. The lowest BCUT2D eigenvalue weighted by Gasteiger charge is -2.24. The third-order valence-corrected chi connectivity index (χ3v) is 5.14. The summed E-state index contributed by atoms with van der Waals surface area (Å²) in [6.45, 7) is 2.07. The number of carbonyl (C=O) groups excluding carboxylic acids is 2. The number of methoxy groups -OCH3 is 1. The van der Waals surface area contributed by atoms with Gasteiger partial charge in [0, 0.05) is 35.8 Å². The number of ether oxygens (including phenoxy) is 2. The van der Waals surface area contributed by atoms with Gasteiger partial charge in [0.2, 0.25) is 0 Å². The van der Waals surface area contributed by atoms with Crippen LogP contribution in [-0.4, -0.2) is 50.7 Å². The molecule has 2 aromatic carbocycles. The number of amides is 2. The summed E-state index contributed by atoms with van der Waals surface area (Å²) in [5.41, 5.74) is 0.0721. The fourth-order valence-corrected chi connectivity index (χ4v) is 3.58. The van der Waals surface area contributed by atoms with Crippen LogP contribution in [0.1, 0.15) is 24.8 Å². The number of urea groups is 1. The smallest absolute Gasteiger partial charge is 0.319 e. The molecule has 2 aromatic rings. The van der Waals surface area contributed by atoms with Gasteiger partial charge < -0.3 is 25.4 Å². The van der Waals surface area contributed by atoms with Crippen LogP contribution in [-0.2, 0) is 9.53 Å². The van der Waals surface area contributed by atoms with E-state index in [0.29, 0.717) is 5.69 Å². The zero-order chi connectivity index (χ0) is 24.7. The van der Waals surface area contributed by atoms with E-state index in [-0.39, 0.29) is 43.3 Å². The minimum Gasteiger partial charge on any atom is -0.497 e. The standard InChI is InChI=1S/C23H25F3N4O4/c1-3-34-19(31)8-9-27-22-21(30-23(32)29-14-6-4-13(24)5-7-14)16(12-28-22)20-17(25)10-15(33-2)11-18(20)26/h4-7,10-11,16,21H,3,8-9,12H2,1-2H3,(H,27,28)(H2,29,30,32). The van der Waals surface area contributed by atoms with Gasteiger partial charge in [-0.2, -0.15) is 0 Å². The van der Waals surface area contributed by atoms with E-state index in [1.165, 1.54) is 31.4 Å². The molecule has 0 fully saturated rings. The highest BCUT2D eigenvalue weighted by molar-refractivity contribution is 5.97. The number of carbonyl (C=O) groups is 2. The Morgan fingerprint density at radius 3 is 2.41 bits per heavy atom. The summed E-state index contributed by atoms with van der Waals surface area (Å²) in [7, 11) is 1.29. The van der Waals surface area contributed by atoms with E-state index in [2.05, 4.69) is 20.9 Å². The van der Waals surface area contributed by atoms with Gasteiger partial charge in [-0.1, -0.05) is 0 Å². The number of hydrogen-bond donors (Lipinski definition) is 3. The topological polar surface area (TPSA) is 101 Å². The zero-order valence-corrected chi connectivity index (χ0v) is 18.7. The SMILES string of the molecule is CCOC(=O)CCNC1=NCC(c2c(F)cc(OC)cc2F)C1NC(=O)Nc1ccc(F)cc1. The van der Waals surface area contributed by atoms with Gasteiger partial charge in [-0.15, -0.1) is 0 Å². The Morgan fingerprint density at radius 1 is 1.12 bits per heavy atom. The Morgan fingerprint density at radius 2 is 1.79 bits per heavy atom. The monoisotopic (exact) mass is 478 g/mol. The fourth-order valence-electron chi connectivity index (χ4n) is 3.58. The number of esters is 1. The third-order valence-electron chi connectivity index (χ3n) is 5.14. The van der Waals surface area contributed by atoms with Crippen LogP contribution in [0.25, 0.3) is 0 Å². The van der Waals surface area contributed by atoms with Crippen LogP contribution in [0.3, 0.4) is 0 Å². The van der Waals surface area contributed by atoms with Gasteiger partial charge in [-0.25, -0.2) is 18.0 Å². The highest BCUT2D eigenvalue weighted by Crippen LogP contribution is 2.32. The van der Waals surface area contributed by atoms with Gasteiger partial charge >= 0.3 is 12.0 Å². The summed E-state index contributed by atoms with van der Waals surface area (Å²) in [4.78, 5) is 28.6. The molecule has 0 radical (unpaired) electrons. The second kappa shape index (κ2) is 11.4. The maximum absolute atomic E-state index is 14.8. The number of nitrogens with one attached hydrogen (secondary N) is 3. The minimum absolute atomic E-state index is 0.0105. The lowest BCUT2D eigenvalue weighted by molar-refractivity contribution is -0.142. The predicted molar refractivity (Wildman–Crippen MR) is 120 cm³/mol. The van der Waals surface area contributed by atoms with Crippen LogP contribution in [0.4, 0.5) is 23.7 Å². The second-order valence-electron chi connectivity index (χ2n) is 7.40. The molecule has 3 N–H and O–H groups in total. The zero-order valence-electron chi connectivity index (χ0n) is 18.7. The first-order valence-electron chi connectivity index (χ1n) is 10.6. The van der Waals surface area contributed by atoms with E-state index in [4.69, 9.17) is 9.47 Å². The van der Waals surface area contributed by atoms with Crippen LogP contribution < -0.4 is 20.7 Å². The molecule has 11 heteroatoms. The molecule has 34 heavy (non-hydrogen) atoms. The molecule has 0 bridgehead atoms. The number of amidine groups is 1. The summed E-state index contributed by atoms with van der Waals surface area (Å²) in [6.07, 6.45) is 0.0390. The largest absolute Gasteiger partial charge is 0.497 e. The quantitative estimate of drug-likeness (QED) is 0.506. The molecule has 2 atom stereocenters. The van der Waals surface area contributed by atoms with E-state index in [9.17, 15) is 22.8 Å². The van der Waals surface area contributed by atoms with E-state index < -0.39 is 41.4 Å². The van der Waals surface area contributed by atoms with E-state index in [1.807, 2.05) is 0 Å². The summed E-state index contributed by atoms with van der Waals surface area (Å²) >= 11 is 0. The molecule has 0 aliphatic carbocycles. The van der Waals surface area contributed by atoms with Gasteiger partial charge in [-0.05, 0) is 31.2 Å². The highest BCUT2D eigenvalue weighted by Gasteiger charge is 2.37. The summed E-state index contributed by atoms with van der Waals surface area (Å²) in [6, 6.07) is 5.60. The number of anilines is 1. The molecule has 0 saturated carbocycles. The van der Waals surface area contributed by atoms with Crippen molar-refractivity contribution in [3.63, 3.8) is 0 Å². The fraction of sp³-hybridized carbons (Fsp3) is 0.348. The Labute approximate surface area is 194 Å². The van der Waals surface area contributed by atoms with Gasteiger partial charge in [0.1, 0.15) is 29.0 Å². The molecule has 1 aliphatic heterocycles. The van der Waals surface area contributed by atoms with Crippen molar-refractivity contribution in [3.8, 4) is 5.75 Å². The molecule has 0 spiro atoms. The molecule has 8 nitrogen and oxygen atoms in total. The second-order valence-corrected chi connectivity index (χ2v) is 7.40. The molecular formula is C23H25F3N4O4. The average Bonchev–Trinajstić information content (AvgIpc) is 3.16. The van der Waals surface area contributed by atoms with Crippen molar-refractivity contribution in [3.05, 3.63) is 59.4 Å². The maximum atomic E-state index is 14.8. The summed E-state index contributed by atoms with van der Waals surface area (Å²) in [5, 5.41) is 8.16. The number of benzene rings is 2. The molecule has 2 amide bonds. The third kappa shape index (κ3) is 6.18. The van der Waals surface area contributed by atoms with Crippen LogP contribution in [0.2, 0.25) is 0 Å². The van der Waals surface area contributed by atoms with Gasteiger partial charge in [0.25, 0.3) is 0 Å². The average molecular weight is 478 g/mol. The number of nitrogens with zero attached hydrogens (tertiary/aromatic N) is 1. The molecule has 182 valence electrons. The molecule has 0 saturated heterocycles. The lowest BCUT2D eigenvalue weighted by Crippen LogP contribution is -2.49. The van der Waals surface area contributed by atoms with Crippen molar-refractivity contribution in [2.45, 2.75) is 25.3 Å². The van der Waals surface area contributed by atoms with Crippen LogP contribution >= 0.6 is 0 Å². The lowest BCUT2D eigenvalue weighted by atomic mass is 9.91. The number of hydrogen-bond acceptors (Lipinski definition) is 6. The van der Waals surface area contributed by atoms with Crippen LogP contribution in [0, 0.1) is 17.5 Å². The highest BCUT2D eigenvalue weighted by atomic mass is 19.1. The molecular weight excluding hydrogens is 453 g/mol. The Kier molecular flexibility index (Phi) is 8.34.